The van der Waals surface area contributed by atoms with Gasteiger partial charge >= 0.3 is 0 Å². The number of halogens is 1. The normalized spacial score (nSPS) is 20.8. The molecule has 1 saturated carbocycles. The summed E-state index contributed by atoms with van der Waals surface area (Å²) >= 11 is 0. The molecule has 29 heavy (non-hydrogen) atoms. The number of anilines is 1. The van der Waals surface area contributed by atoms with Crippen LogP contribution in [0.15, 0.2) is 47.4 Å². The summed E-state index contributed by atoms with van der Waals surface area (Å²) in [6.07, 6.45) is 1.42. The van der Waals surface area contributed by atoms with Crippen LogP contribution in [0, 0.1) is 11.7 Å². The molecule has 4 rings (SSSR count). The second-order valence-corrected chi connectivity index (χ2v) is 9.56. The average Bonchev–Trinajstić information content (AvgIpc) is 3.40. The third-order valence-corrected chi connectivity index (χ3v) is 8.01. The highest BCUT2D eigenvalue weighted by Crippen LogP contribution is 2.49. The van der Waals surface area contributed by atoms with Gasteiger partial charge in [0, 0.05) is 31.2 Å². The molecule has 0 saturated heterocycles. The van der Waals surface area contributed by atoms with E-state index in [1.54, 1.807) is 35.2 Å². The highest BCUT2D eigenvalue weighted by molar-refractivity contribution is 7.89. The van der Waals surface area contributed by atoms with Crippen LogP contribution >= 0.6 is 0 Å². The summed E-state index contributed by atoms with van der Waals surface area (Å²) in [5.41, 5.74) is 2.69. The molecule has 2 aliphatic rings. The van der Waals surface area contributed by atoms with E-state index in [1.165, 1.54) is 16.4 Å². The van der Waals surface area contributed by atoms with Crippen molar-refractivity contribution in [3.63, 3.8) is 0 Å². The van der Waals surface area contributed by atoms with E-state index >= 15 is 0 Å². The summed E-state index contributed by atoms with van der Waals surface area (Å²) in [6, 6.07) is 11.4. The van der Waals surface area contributed by atoms with E-state index in [-0.39, 0.29) is 28.5 Å². The Morgan fingerprint density at radius 1 is 1.14 bits per heavy atom. The fraction of sp³-hybridized carbons (Fsp3) is 0.409. The molecule has 2 aromatic rings. The summed E-state index contributed by atoms with van der Waals surface area (Å²) in [7, 11) is -3.51. The first-order valence-corrected chi connectivity index (χ1v) is 11.5. The average molecular weight is 417 g/mol. The number of benzene rings is 2. The smallest absolute Gasteiger partial charge is 0.243 e. The molecule has 2 aromatic carbocycles. The molecule has 5 nitrogen and oxygen atoms in total. The van der Waals surface area contributed by atoms with Crippen molar-refractivity contribution in [2.45, 2.75) is 37.5 Å². The summed E-state index contributed by atoms with van der Waals surface area (Å²) in [5.74, 6) is -0.168. The van der Waals surface area contributed by atoms with Gasteiger partial charge in [-0.1, -0.05) is 26.0 Å². The highest BCUT2D eigenvalue weighted by Gasteiger charge is 2.47. The number of hydrogen-bond donors (Lipinski definition) is 0. The maximum Gasteiger partial charge on any atom is 0.243 e. The fourth-order valence-corrected chi connectivity index (χ4v) is 5.74. The SMILES string of the molecule is CCN(CC)S(=O)(=O)c1ccc2c(c1)CCN2C(=O)C1CC1c1ccc(F)cc1. The van der Waals surface area contributed by atoms with Crippen molar-refractivity contribution < 1.29 is 17.6 Å². The molecule has 0 aromatic heterocycles. The van der Waals surface area contributed by atoms with Crippen LogP contribution < -0.4 is 4.90 Å². The van der Waals surface area contributed by atoms with Crippen molar-refractivity contribution in [1.82, 2.24) is 4.31 Å². The molecule has 1 amide bonds. The van der Waals surface area contributed by atoms with Crippen molar-refractivity contribution in [3.05, 3.63) is 59.4 Å². The largest absolute Gasteiger partial charge is 0.312 e. The van der Waals surface area contributed by atoms with Crippen LogP contribution in [0.4, 0.5) is 10.1 Å². The first-order chi connectivity index (χ1) is 13.9. The lowest BCUT2D eigenvalue weighted by molar-refractivity contribution is -0.119. The Hall–Kier alpha value is -2.25. The van der Waals surface area contributed by atoms with Gasteiger partial charge in [0.05, 0.1) is 4.90 Å². The first-order valence-electron chi connectivity index (χ1n) is 10.1. The van der Waals surface area contributed by atoms with Crippen molar-refractivity contribution in [2.24, 2.45) is 5.92 Å². The molecule has 154 valence electrons. The number of nitrogens with zero attached hydrogens (tertiary/aromatic N) is 2. The molecular weight excluding hydrogens is 391 g/mol. The van der Waals surface area contributed by atoms with Gasteiger partial charge in [-0.2, -0.15) is 4.31 Å². The Morgan fingerprint density at radius 2 is 1.83 bits per heavy atom. The highest BCUT2D eigenvalue weighted by atomic mass is 32.2. The number of carbonyl (C=O) groups excluding carboxylic acids is 1. The molecule has 2 atom stereocenters. The number of carbonyl (C=O) groups is 1. The Kier molecular flexibility index (Phi) is 5.21. The summed E-state index contributed by atoms with van der Waals surface area (Å²) < 4.78 is 40.1. The van der Waals surface area contributed by atoms with Crippen molar-refractivity contribution in [1.29, 1.82) is 0 Å². The number of fused-ring (bicyclic) bond motifs is 1. The maximum atomic E-state index is 13.1. The zero-order valence-corrected chi connectivity index (χ0v) is 17.5. The molecule has 7 heteroatoms. The molecule has 1 aliphatic heterocycles. The zero-order valence-electron chi connectivity index (χ0n) is 16.6. The van der Waals surface area contributed by atoms with Crippen LogP contribution in [0.5, 0.6) is 0 Å². The fourth-order valence-electron chi connectivity index (χ4n) is 4.23. The topological polar surface area (TPSA) is 57.7 Å². The van der Waals surface area contributed by atoms with Gasteiger partial charge in [0.2, 0.25) is 15.9 Å². The van der Waals surface area contributed by atoms with Crippen LogP contribution in [0.2, 0.25) is 0 Å². The molecule has 1 heterocycles. The standard InChI is InChI=1S/C22H25FN2O3S/c1-3-24(4-2)29(27,28)18-9-10-21-16(13-18)11-12-25(21)22(26)20-14-19(20)15-5-7-17(23)8-6-15/h5-10,13,19-20H,3-4,11-12,14H2,1-2H3. The molecule has 0 spiro atoms. The molecule has 0 radical (unpaired) electrons. The maximum absolute atomic E-state index is 13.1. The Labute approximate surface area is 171 Å². The van der Waals surface area contributed by atoms with Crippen LogP contribution in [0.25, 0.3) is 0 Å². The minimum atomic E-state index is -3.51. The Balaban J connectivity index is 1.52. The first kappa shape index (κ1) is 20.0. The summed E-state index contributed by atoms with van der Waals surface area (Å²) in [5, 5.41) is 0. The van der Waals surface area contributed by atoms with Crippen molar-refractivity contribution in [3.8, 4) is 0 Å². The minimum Gasteiger partial charge on any atom is -0.312 e. The van der Waals surface area contributed by atoms with Gasteiger partial charge in [0.25, 0.3) is 0 Å². The second-order valence-electron chi connectivity index (χ2n) is 7.62. The van der Waals surface area contributed by atoms with E-state index in [2.05, 4.69) is 0 Å². The van der Waals surface area contributed by atoms with Crippen molar-refractivity contribution >= 4 is 21.6 Å². The molecule has 1 fully saturated rings. The quantitative estimate of drug-likeness (QED) is 0.724. The lowest BCUT2D eigenvalue weighted by Gasteiger charge is -2.20. The number of amides is 1. The van der Waals surface area contributed by atoms with E-state index in [0.717, 1.165) is 23.2 Å². The van der Waals surface area contributed by atoms with Gasteiger partial charge in [-0.3, -0.25) is 4.79 Å². The monoisotopic (exact) mass is 416 g/mol. The van der Waals surface area contributed by atoms with E-state index in [9.17, 15) is 17.6 Å². The van der Waals surface area contributed by atoms with Gasteiger partial charge in [-0.25, -0.2) is 12.8 Å². The number of rotatable bonds is 6. The van der Waals surface area contributed by atoms with Gasteiger partial charge in [-0.15, -0.1) is 0 Å². The van der Waals surface area contributed by atoms with Crippen molar-refractivity contribution in [2.75, 3.05) is 24.5 Å². The second kappa shape index (κ2) is 7.54. The third-order valence-electron chi connectivity index (χ3n) is 5.96. The molecule has 0 N–H and O–H groups in total. The number of sulfonamides is 1. The Bertz CT molecular complexity index is 1030. The van der Waals surface area contributed by atoms with E-state index in [1.807, 2.05) is 13.8 Å². The minimum absolute atomic E-state index is 0.0671. The summed E-state index contributed by atoms with van der Waals surface area (Å²) in [6.45, 7) is 5.06. The summed E-state index contributed by atoms with van der Waals surface area (Å²) in [4.78, 5) is 15.1. The van der Waals surface area contributed by atoms with Crippen LogP contribution in [-0.2, 0) is 21.2 Å². The van der Waals surface area contributed by atoms with E-state index in [0.29, 0.717) is 26.1 Å². The lowest BCUT2D eigenvalue weighted by Crippen LogP contribution is -2.31. The number of hydrogen-bond acceptors (Lipinski definition) is 3. The van der Waals surface area contributed by atoms with E-state index in [4.69, 9.17) is 0 Å². The molecule has 1 aliphatic carbocycles. The van der Waals surface area contributed by atoms with Crippen LogP contribution in [0.1, 0.15) is 37.3 Å². The molecular formula is C22H25FN2O3S. The predicted octanol–water partition coefficient (Wildman–Crippen LogP) is 3.55. The molecule has 2 unspecified atom stereocenters. The van der Waals surface area contributed by atoms with Crippen LogP contribution in [-0.4, -0.2) is 38.3 Å². The zero-order chi connectivity index (χ0) is 20.8. The van der Waals surface area contributed by atoms with Gasteiger partial charge in [0.1, 0.15) is 5.82 Å². The predicted molar refractivity (Wildman–Crippen MR) is 110 cm³/mol. The lowest BCUT2D eigenvalue weighted by atomic mass is 10.1. The van der Waals surface area contributed by atoms with Gasteiger partial charge in [-0.05, 0) is 60.2 Å². The van der Waals surface area contributed by atoms with E-state index < -0.39 is 10.0 Å². The Morgan fingerprint density at radius 3 is 2.48 bits per heavy atom. The van der Waals surface area contributed by atoms with Crippen LogP contribution in [0.3, 0.4) is 0 Å². The third kappa shape index (κ3) is 3.57. The molecule has 0 bridgehead atoms. The van der Waals surface area contributed by atoms with Gasteiger partial charge < -0.3 is 4.90 Å². The van der Waals surface area contributed by atoms with Gasteiger partial charge in [0.15, 0.2) is 0 Å².